The molecule has 1 aromatic carbocycles. The topological polar surface area (TPSA) is 38.1 Å². The lowest BCUT2D eigenvalue weighted by atomic mass is 10.0. The first-order valence-electron chi connectivity index (χ1n) is 9.57. The first-order valence-corrected chi connectivity index (χ1v) is 9.57. The van der Waals surface area contributed by atoms with Crippen molar-refractivity contribution >= 4 is 6.08 Å². The molecule has 2 heterocycles. The Morgan fingerprint density at radius 2 is 1.96 bits per heavy atom. The molecule has 0 unspecified atom stereocenters. The van der Waals surface area contributed by atoms with Gasteiger partial charge >= 0.3 is 0 Å². The van der Waals surface area contributed by atoms with E-state index in [0.717, 1.165) is 62.7 Å². The second kappa shape index (κ2) is 9.51. The quantitative estimate of drug-likeness (QED) is 0.673. The highest BCUT2D eigenvalue weighted by atomic mass is 16.5. The van der Waals surface area contributed by atoms with Crippen LogP contribution in [0.4, 0.5) is 0 Å². The summed E-state index contributed by atoms with van der Waals surface area (Å²) in [5.41, 5.74) is 2.52. The summed E-state index contributed by atoms with van der Waals surface area (Å²) < 4.78 is 16.3. The lowest BCUT2D eigenvalue weighted by Gasteiger charge is -2.21. The minimum Gasteiger partial charge on any atom is -0.493 e. The molecule has 0 fully saturated rings. The van der Waals surface area contributed by atoms with Gasteiger partial charge in [-0.05, 0) is 74.1 Å². The molecule has 0 bridgehead atoms. The van der Waals surface area contributed by atoms with E-state index in [9.17, 15) is 0 Å². The maximum absolute atomic E-state index is 5.44. The van der Waals surface area contributed by atoms with Gasteiger partial charge in [-0.3, -0.25) is 0 Å². The molecule has 1 aliphatic rings. The highest BCUT2D eigenvalue weighted by molar-refractivity contribution is 5.61. The number of furan rings is 1. The number of rotatable bonds is 9. The molecule has 1 aromatic heterocycles. The molecule has 0 amide bonds. The molecule has 5 heteroatoms. The summed E-state index contributed by atoms with van der Waals surface area (Å²) in [7, 11) is 5.54. The minimum atomic E-state index is 0.785. The van der Waals surface area contributed by atoms with Crippen LogP contribution in [0.25, 0.3) is 6.08 Å². The summed E-state index contributed by atoms with van der Waals surface area (Å²) in [5, 5.41) is 0. The molecular weight excluding hydrogens is 340 g/mol. The molecule has 2 aromatic rings. The lowest BCUT2D eigenvalue weighted by Crippen LogP contribution is -2.27. The van der Waals surface area contributed by atoms with Crippen molar-refractivity contribution in [2.75, 3.05) is 47.4 Å². The van der Waals surface area contributed by atoms with Crippen LogP contribution in [0.3, 0.4) is 0 Å². The van der Waals surface area contributed by atoms with E-state index in [2.05, 4.69) is 41.3 Å². The predicted molar refractivity (Wildman–Crippen MR) is 108 cm³/mol. The van der Waals surface area contributed by atoms with Crippen molar-refractivity contribution in [3.8, 4) is 11.5 Å². The first-order chi connectivity index (χ1) is 13.2. The smallest absolute Gasteiger partial charge is 0.161 e. The van der Waals surface area contributed by atoms with Crippen molar-refractivity contribution in [2.45, 2.75) is 19.3 Å². The summed E-state index contributed by atoms with van der Waals surface area (Å²) >= 11 is 0. The fraction of sp³-hybridized carbons (Fsp3) is 0.455. The Balaban J connectivity index is 1.46. The number of ether oxygens (including phenoxy) is 2. The van der Waals surface area contributed by atoms with E-state index < -0.39 is 0 Å². The van der Waals surface area contributed by atoms with Gasteiger partial charge < -0.3 is 23.7 Å². The Hall–Kier alpha value is -2.40. The minimum absolute atomic E-state index is 0.785. The summed E-state index contributed by atoms with van der Waals surface area (Å²) in [4.78, 5) is 4.77. The number of benzene rings is 1. The van der Waals surface area contributed by atoms with Crippen molar-refractivity contribution in [1.82, 2.24) is 9.80 Å². The van der Waals surface area contributed by atoms with E-state index in [1.54, 1.807) is 20.5 Å². The maximum Gasteiger partial charge on any atom is 0.161 e. The molecule has 0 atom stereocenters. The third kappa shape index (κ3) is 5.30. The number of likely N-dealkylation sites (N-methyl/N-ethyl adjacent to an activating group) is 1. The van der Waals surface area contributed by atoms with Gasteiger partial charge in [0.15, 0.2) is 11.5 Å². The van der Waals surface area contributed by atoms with Crippen LogP contribution in [0.15, 0.2) is 41.1 Å². The zero-order valence-corrected chi connectivity index (χ0v) is 16.6. The van der Waals surface area contributed by atoms with E-state index in [-0.39, 0.29) is 0 Å². The van der Waals surface area contributed by atoms with Gasteiger partial charge in [-0.1, -0.05) is 0 Å². The molecule has 0 saturated carbocycles. The zero-order valence-electron chi connectivity index (χ0n) is 16.6. The molecule has 0 aliphatic carbocycles. The monoisotopic (exact) mass is 370 g/mol. The van der Waals surface area contributed by atoms with Crippen LogP contribution >= 0.6 is 0 Å². The van der Waals surface area contributed by atoms with Crippen molar-refractivity contribution < 1.29 is 13.9 Å². The second-order valence-corrected chi connectivity index (χ2v) is 6.99. The normalized spacial score (nSPS) is 13.6. The summed E-state index contributed by atoms with van der Waals surface area (Å²) in [6, 6.07) is 8.16. The van der Waals surface area contributed by atoms with Gasteiger partial charge in [0.1, 0.15) is 5.76 Å². The average molecular weight is 370 g/mol. The average Bonchev–Trinajstić information content (AvgIpc) is 3.13. The van der Waals surface area contributed by atoms with Gasteiger partial charge in [0.05, 0.1) is 20.5 Å². The molecule has 27 heavy (non-hydrogen) atoms. The van der Waals surface area contributed by atoms with Crippen LogP contribution < -0.4 is 9.47 Å². The number of methoxy groups -OCH3 is 2. The van der Waals surface area contributed by atoms with Crippen LogP contribution in [0.2, 0.25) is 0 Å². The Bertz CT molecular complexity index is 740. The number of hydrogen-bond acceptors (Lipinski definition) is 5. The van der Waals surface area contributed by atoms with E-state index >= 15 is 0 Å². The third-order valence-electron chi connectivity index (χ3n) is 5.08. The van der Waals surface area contributed by atoms with Gasteiger partial charge in [-0.15, -0.1) is 0 Å². The Labute approximate surface area is 162 Å². The zero-order chi connectivity index (χ0) is 19.1. The molecule has 0 spiro atoms. The Kier molecular flexibility index (Phi) is 6.82. The Morgan fingerprint density at radius 3 is 2.70 bits per heavy atom. The predicted octanol–water partition coefficient (Wildman–Crippen LogP) is 3.69. The standard InChI is InChI=1S/C22H30N2O3/c1-23(12-9-20-6-4-15-27-20)10-5-11-24-13-7-18-16-21(25-2)22(26-3)17-19(18)8-14-24/h4,6-7,13,15-17H,5,8-12,14H2,1-3H3. The van der Waals surface area contributed by atoms with E-state index in [0.29, 0.717) is 0 Å². The van der Waals surface area contributed by atoms with Crippen LogP contribution in [-0.2, 0) is 12.8 Å². The lowest BCUT2D eigenvalue weighted by molar-refractivity contribution is 0.293. The van der Waals surface area contributed by atoms with Crippen LogP contribution in [-0.4, -0.2) is 57.2 Å². The summed E-state index contributed by atoms with van der Waals surface area (Å²) in [5.74, 6) is 2.64. The molecule has 0 radical (unpaired) electrons. The SMILES string of the molecule is COc1cc2c(cc1OC)CCN(CCCN(C)CCc1ccco1)C=C2. The fourth-order valence-corrected chi connectivity index (χ4v) is 3.43. The van der Waals surface area contributed by atoms with Gasteiger partial charge in [-0.25, -0.2) is 0 Å². The van der Waals surface area contributed by atoms with E-state index in [1.165, 1.54) is 11.1 Å². The highest BCUT2D eigenvalue weighted by Crippen LogP contribution is 2.32. The van der Waals surface area contributed by atoms with Crippen LogP contribution in [0.1, 0.15) is 23.3 Å². The number of nitrogens with zero attached hydrogens (tertiary/aromatic N) is 2. The molecule has 5 nitrogen and oxygen atoms in total. The number of fused-ring (bicyclic) bond motifs is 1. The largest absolute Gasteiger partial charge is 0.493 e. The van der Waals surface area contributed by atoms with Crippen molar-refractivity contribution in [1.29, 1.82) is 0 Å². The third-order valence-corrected chi connectivity index (χ3v) is 5.08. The molecule has 1 aliphatic heterocycles. The first kappa shape index (κ1) is 19.4. The van der Waals surface area contributed by atoms with Crippen LogP contribution in [0, 0.1) is 0 Å². The van der Waals surface area contributed by atoms with E-state index in [4.69, 9.17) is 13.9 Å². The fourth-order valence-electron chi connectivity index (χ4n) is 3.43. The summed E-state index contributed by atoms with van der Waals surface area (Å²) in [6.45, 7) is 4.19. The molecule has 0 saturated heterocycles. The molecular formula is C22H30N2O3. The van der Waals surface area contributed by atoms with Crippen LogP contribution in [0.5, 0.6) is 11.5 Å². The van der Waals surface area contributed by atoms with Gasteiger partial charge in [0, 0.05) is 26.1 Å². The second-order valence-electron chi connectivity index (χ2n) is 6.99. The highest BCUT2D eigenvalue weighted by Gasteiger charge is 2.13. The van der Waals surface area contributed by atoms with Gasteiger partial charge in [-0.2, -0.15) is 0 Å². The Morgan fingerprint density at radius 1 is 1.15 bits per heavy atom. The van der Waals surface area contributed by atoms with Crippen molar-refractivity contribution in [3.63, 3.8) is 0 Å². The summed E-state index contributed by atoms with van der Waals surface area (Å²) in [6.07, 6.45) is 9.25. The van der Waals surface area contributed by atoms with Gasteiger partial charge in [0.2, 0.25) is 0 Å². The molecule has 3 rings (SSSR count). The van der Waals surface area contributed by atoms with E-state index in [1.807, 2.05) is 12.1 Å². The van der Waals surface area contributed by atoms with Crippen molar-refractivity contribution in [3.05, 3.63) is 53.6 Å². The number of hydrogen-bond donors (Lipinski definition) is 0. The van der Waals surface area contributed by atoms with Crippen molar-refractivity contribution in [2.24, 2.45) is 0 Å². The molecule has 0 N–H and O–H groups in total. The molecule has 146 valence electrons. The maximum atomic E-state index is 5.44. The van der Waals surface area contributed by atoms with Gasteiger partial charge in [0.25, 0.3) is 0 Å².